The number of rotatable bonds is 4. The van der Waals surface area contributed by atoms with E-state index in [9.17, 15) is 9.59 Å². The number of hydrogen-bond donors (Lipinski definition) is 1. The second kappa shape index (κ2) is 4.94. The Kier molecular flexibility index (Phi) is 3.86. The first-order valence-corrected chi connectivity index (χ1v) is 4.86. The Balaban J connectivity index is 2.79. The molecular weight excluding hydrogens is 216 g/mol. The smallest absolute Gasteiger partial charge is 0.314 e. The Bertz CT molecular complexity index is 356. The van der Waals surface area contributed by atoms with Crippen LogP contribution in [0.15, 0.2) is 24.3 Å². The molecule has 1 N–H and O–H groups in total. The van der Waals surface area contributed by atoms with Gasteiger partial charge in [-0.3, -0.25) is 9.59 Å². The van der Waals surface area contributed by atoms with Crippen LogP contribution in [0.4, 0.5) is 0 Å². The highest BCUT2D eigenvalue weighted by molar-refractivity contribution is 6.30. The largest absolute Gasteiger partial charge is 0.481 e. The van der Waals surface area contributed by atoms with Crippen molar-refractivity contribution in [1.29, 1.82) is 0 Å². The van der Waals surface area contributed by atoms with Gasteiger partial charge in [0, 0.05) is 5.02 Å². The molecule has 80 valence electrons. The van der Waals surface area contributed by atoms with Gasteiger partial charge in [0.25, 0.3) is 0 Å². The highest BCUT2D eigenvalue weighted by Crippen LogP contribution is 2.14. The number of Topliss-reactive ketones (excluding diaryl/α,β-unsaturated/α-hetero) is 1. The molecule has 0 amide bonds. The topological polar surface area (TPSA) is 54.4 Å². The summed E-state index contributed by atoms with van der Waals surface area (Å²) < 4.78 is 0. The van der Waals surface area contributed by atoms with E-state index < -0.39 is 11.9 Å². The molecule has 0 saturated heterocycles. The minimum Gasteiger partial charge on any atom is -0.481 e. The van der Waals surface area contributed by atoms with Gasteiger partial charge in [-0.25, -0.2) is 0 Å². The summed E-state index contributed by atoms with van der Waals surface area (Å²) in [6, 6.07) is 6.80. The zero-order valence-corrected chi connectivity index (χ0v) is 8.99. The summed E-state index contributed by atoms with van der Waals surface area (Å²) >= 11 is 5.69. The van der Waals surface area contributed by atoms with Crippen molar-refractivity contribution < 1.29 is 14.7 Å². The van der Waals surface area contributed by atoms with Crippen molar-refractivity contribution >= 4 is 23.4 Å². The lowest BCUT2D eigenvalue weighted by atomic mass is 9.96. The van der Waals surface area contributed by atoms with Crippen molar-refractivity contribution in [2.45, 2.75) is 13.3 Å². The van der Waals surface area contributed by atoms with E-state index in [1.807, 2.05) is 0 Å². The van der Waals surface area contributed by atoms with Crippen molar-refractivity contribution in [2.75, 3.05) is 0 Å². The summed E-state index contributed by atoms with van der Waals surface area (Å²) in [5, 5.41) is 9.40. The average Bonchev–Trinajstić information content (AvgIpc) is 2.15. The van der Waals surface area contributed by atoms with Gasteiger partial charge < -0.3 is 5.11 Å². The first-order chi connectivity index (χ1) is 7.00. The Morgan fingerprint density at radius 3 is 2.27 bits per heavy atom. The van der Waals surface area contributed by atoms with Crippen LogP contribution in [0, 0.1) is 5.92 Å². The molecule has 0 saturated carbocycles. The van der Waals surface area contributed by atoms with Crippen molar-refractivity contribution in [3.05, 3.63) is 34.9 Å². The SMILES string of the molecule is CC(=O)C(Cc1ccc(Cl)cc1)C(=O)O. The first kappa shape index (κ1) is 11.7. The van der Waals surface area contributed by atoms with Crippen LogP contribution in [0.25, 0.3) is 0 Å². The molecule has 1 aromatic carbocycles. The molecule has 0 spiro atoms. The Labute approximate surface area is 92.7 Å². The molecule has 1 unspecified atom stereocenters. The molecule has 1 rings (SSSR count). The van der Waals surface area contributed by atoms with Gasteiger partial charge >= 0.3 is 5.97 Å². The molecule has 0 bridgehead atoms. The molecule has 4 heteroatoms. The quantitative estimate of drug-likeness (QED) is 0.801. The second-order valence-electron chi connectivity index (χ2n) is 3.33. The summed E-state index contributed by atoms with van der Waals surface area (Å²) in [5.74, 6) is -2.39. The molecule has 0 aliphatic heterocycles. The fraction of sp³-hybridized carbons (Fsp3) is 0.273. The van der Waals surface area contributed by atoms with Crippen LogP contribution in [-0.2, 0) is 16.0 Å². The standard InChI is InChI=1S/C11H11ClO3/c1-7(13)10(11(14)15)6-8-2-4-9(12)5-3-8/h2-5,10H,6H2,1H3,(H,14,15). The molecule has 1 atom stereocenters. The van der Waals surface area contributed by atoms with Crippen LogP contribution < -0.4 is 0 Å². The number of carbonyl (C=O) groups excluding carboxylic acids is 1. The molecule has 1 aromatic rings. The molecule has 0 heterocycles. The van der Waals surface area contributed by atoms with Crippen LogP contribution in [0.1, 0.15) is 12.5 Å². The number of aliphatic carboxylic acids is 1. The fourth-order valence-corrected chi connectivity index (χ4v) is 1.39. The number of carboxylic acid groups (broad SMARTS) is 1. The lowest BCUT2D eigenvalue weighted by Gasteiger charge is -2.08. The molecule has 0 fully saturated rings. The highest BCUT2D eigenvalue weighted by atomic mass is 35.5. The van der Waals surface area contributed by atoms with Gasteiger partial charge in [0.2, 0.25) is 0 Å². The molecule has 0 aromatic heterocycles. The minimum atomic E-state index is -1.09. The van der Waals surface area contributed by atoms with Crippen molar-refractivity contribution in [2.24, 2.45) is 5.92 Å². The van der Waals surface area contributed by atoms with Crippen LogP contribution in [0.3, 0.4) is 0 Å². The van der Waals surface area contributed by atoms with Gasteiger partial charge in [-0.05, 0) is 31.0 Å². The number of benzene rings is 1. The number of carbonyl (C=O) groups is 2. The number of halogens is 1. The van der Waals surface area contributed by atoms with Gasteiger partial charge in [0.05, 0.1) is 0 Å². The number of carboxylic acids is 1. The van der Waals surface area contributed by atoms with E-state index in [-0.39, 0.29) is 12.2 Å². The van der Waals surface area contributed by atoms with Crippen LogP contribution in [0.5, 0.6) is 0 Å². The van der Waals surface area contributed by atoms with E-state index in [1.165, 1.54) is 6.92 Å². The van der Waals surface area contributed by atoms with Crippen molar-refractivity contribution in [1.82, 2.24) is 0 Å². The Hall–Kier alpha value is -1.35. The van der Waals surface area contributed by atoms with Gasteiger partial charge in [-0.15, -0.1) is 0 Å². The van der Waals surface area contributed by atoms with Gasteiger partial charge in [-0.2, -0.15) is 0 Å². The summed E-state index contributed by atoms with van der Waals surface area (Å²) in [6.07, 6.45) is 0.210. The normalized spacial score (nSPS) is 12.1. The third kappa shape index (κ3) is 3.36. The molecule has 0 aliphatic carbocycles. The number of hydrogen-bond acceptors (Lipinski definition) is 2. The Morgan fingerprint density at radius 1 is 1.33 bits per heavy atom. The average molecular weight is 227 g/mol. The highest BCUT2D eigenvalue weighted by Gasteiger charge is 2.22. The molecule has 0 aliphatic rings. The summed E-state index contributed by atoms with van der Waals surface area (Å²) in [5.41, 5.74) is 0.794. The summed E-state index contributed by atoms with van der Waals surface area (Å²) in [7, 11) is 0. The number of ketones is 1. The van der Waals surface area contributed by atoms with E-state index in [0.717, 1.165) is 5.56 Å². The van der Waals surface area contributed by atoms with E-state index in [1.54, 1.807) is 24.3 Å². The van der Waals surface area contributed by atoms with Gasteiger partial charge in [0.15, 0.2) is 0 Å². The molecule has 15 heavy (non-hydrogen) atoms. The maximum Gasteiger partial charge on any atom is 0.314 e. The zero-order valence-electron chi connectivity index (χ0n) is 8.24. The van der Waals surface area contributed by atoms with Crippen molar-refractivity contribution in [3.63, 3.8) is 0 Å². The summed E-state index contributed by atoms with van der Waals surface area (Å²) in [6.45, 7) is 1.29. The second-order valence-corrected chi connectivity index (χ2v) is 3.77. The minimum absolute atomic E-state index is 0.210. The third-order valence-corrected chi connectivity index (χ3v) is 2.39. The fourth-order valence-electron chi connectivity index (χ4n) is 1.26. The lowest BCUT2D eigenvalue weighted by Crippen LogP contribution is -2.23. The molecule has 3 nitrogen and oxygen atoms in total. The van der Waals surface area contributed by atoms with Gasteiger partial charge in [-0.1, -0.05) is 23.7 Å². The monoisotopic (exact) mass is 226 g/mol. The predicted molar refractivity (Wildman–Crippen MR) is 57.0 cm³/mol. The van der Waals surface area contributed by atoms with E-state index in [2.05, 4.69) is 0 Å². The Morgan fingerprint density at radius 2 is 1.87 bits per heavy atom. The van der Waals surface area contributed by atoms with E-state index >= 15 is 0 Å². The lowest BCUT2D eigenvalue weighted by molar-refractivity contribution is -0.145. The maximum absolute atomic E-state index is 11.0. The molecule has 0 radical (unpaired) electrons. The van der Waals surface area contributed by atoms with Crippen LogP contribution >= 0.6 is 11.6 Å². The maximum atomic E-state index is 11.0. The zero-order chi connectivity index (χ0) is 11.4. The van der Waals surface area contributed by atoms with E-state index in [4.69, 9.17) is 16.7 Å². The first-order valence-electron chi connectivity index (χ1n) is 4.48. The third-order valence-electron chi connectivity index (χ3n) is 2.14. The summed E-state index contributed by atoms with van der Waals surface area (Å²) in [4.78, 5) is 21.8. The van der Waals surface area contributed by atoms with Crippen molar-refractivity contribution in [3.8, 4) is 0 Å². The molecular formula is C11H11ClO3. The van der Waals surface area contributed by atoms with Gasteiger partial charge in [0.1, 0.15) is 11.7 Å². The van der Waals surface area contributed by atoms with Crippen LogP contribution in [0.2, 0.25) is 5.02 Å². The predicted octanol–water partition coefficient (Wildman–Crippen LogP) is 2.17. The van der Waals surface area contributed by atoms with Crippen LogP contribution in [-0.4, -0.2) is 16.9 Å². The van der Waals surface area contributed by atoms with E-state index in [0.29, 0.717) is 5.02 Å².